The normalized spacial score (nSPS) is 12.4. The first-order valence-corrected chi connectivity index (χ1v) is 7.06. The largest absolute Gasteiger partial charge is 0.480 e. The summed E-state index contributed by atoms with van der Waals surface area (Å²) < 4.78 is 6.41. The topological polar surface area (TPSA) is 47.0 Å². The highest BCUT2D eigenvalue weighted by atomic mass is 79.9. The standard InChI is InChI=1S/C12H14BrN3OS/c1-7-6-8(18-11(7)13)9(14-2)10-12(17-3)16-5-4-15-10/h4-6,9,14H,1-3H3. The summed E-state index contributed by atoms with van der Waals surface area (Å²) in [5.41, 5.74) is 2.02. The first-order valence-electron chi connectivity index (χ1n) is 5.45. The van der Waals surface area contributed by atoms with Crippen molar-refractivity contribution in [3.8, 4) is 5.88 Å². The Balaban J connectivity index is 2.45. The van der Waals surface area contributed by atoms with Crippen molar-refractivity contribution < 1.29 is 4.74 Å². The molecule has 2 rings (SSSR count). The lowest BCUT2D eigenvalue weighted by Crippen LogP contribution is -2.19. The third-order valence-corrected chi connectivity index (χ3v) is 4.81. The Morgan fingerprint density at radius 3 is 2.67 bits per heavy atom. The molecule has 0 aliphatic heterocycles. The van der Waals surface area contributed by atoms with Crippen LogP contribution >= 0.6 is 27.3 Å². The molecule has 2 aromatic heterocycles. The summed E-state index contributed by atoms with van der Waals surface area (Å²) in [5.74, 6) is 0.555. The van der Waals surface area contributed by atoms with Gasteiger partial charge in [-0.1, -0.05) is 0 Å². The summed E-state index contributed by atoms with van der Waals surface area (Å²) in [4.78, 5) is 9.75. The van der Waals surface area contributed by atoms with Crippen molar-refractivity contribution in [2.75, 3.05) is 14.2 Å². The van der Waals surface area contributed by atoms with Crippen LogP contribution in [-0.4, -0.2) is 24.1 Å². The minimum Gasteiger partial charge on any atom is -0.480 e. The second-order valence-electron chi connectivity index (χ2n) is 3.78. The summed E-state index contributed by atoms with van der Waals surface area (Å²) in [5, 5.41) is 3.26. The van der Waals surface area contributed by atoms with Crippen LogP contribution in [0.25, 0.3) is 0 Å². The van der Waals surface area contributed by atoms with E-state index in [1.807, 2.05) is 7.05 Å². The van der Waals surface area contributed by atoms with E-state index >= 15 is 0 Å². The Morgan fingerprint density at radius 2 is 2.11 bits per heavy atom. The van der Waals surface area contributed by atoms with Gasteiger partial charge in [0.25, 0.3) is 0 Å². The Hall–Kier alpha value is -0.980. The molecule has 0 saturated carbocycles. The second kappa shape index (κ2) is 5.77. The molecule has 6 heteroatoms. The predicted octanol–water partition coefficient (Wildman–Crippen LogP) is 2.93. The van der Waals surface area contributed by atoms with Gasteiger partial charge in [-0.05, 0) is 41.5 Å². The van der Waals surface area contributed by atoms with E-state index in [4.69, 9.17) is 4.74 Å². The third kappa shape index (κ3) is 2.55. The van der Waals surface area contributed by atoms with E-state index in [9.17, 15) is 0 Å². The van der Waals surface area contributed by atoms with Crippen LogP contribution in [0, 0.1) is 6.92 Å². The molecular weight excluding hydrogens is 314 g/mol. The first-order chi connectivity index (χ1) is 8.67. The van der Waals surface area contributed by atoms with Crippen LogP contribution < -0.4 is 10.1 Å². The predicted molar refractivity (Wildman–Crippen MR) is 76.2 cm³/mol. The monoisotopic (exact) mass is 327 g/mol. The number of aryl methyl sites for hydroxylation is 1. The number of hydrogen-bond acceptors (Lipinski definition) is 5. The highest BCUT2D eigenvalue weighted by molar-refractivity contribution is 9.11. The van der Waals surface area contributed by atoms with Gasteiger partial charge < -0.3 is 10.1 Å². The van der Waals surface area contributed by atoms with Crippen LogP contribution in [0.1, 0.15) is 22.2 Å². The van der Waals surface area contributed by atoms with Gasteiger partial charge in [-0.3, -0.25) is 4.98 Å². The van der Waals surface area contributed by atoms with E-state index in [2.05, 4.69) is 44.2 Å². The van der Waals surface area contributed by atoms with Gasteiger partial charge in [0.05, 0.1) is 16.9 Å². The summed E-state index contributed by atoms with van der Waals surface area (Å²) in [7, 11) is 3.51. The maximum atomic E-state index is 5.27. The SMILES string of the molecule is CNC(c1cc(C)c(Br)s1)c1nccnc1OC. The summed E-state index contributed by atoms with van der Waals surface area (Å²) >= 11 is 5.24. The van der Waals surface area contributed by atoms with Gasteiger partial charge in [-0.25, -0.2) is 4.98 Å². The minimum atomic E-state index is -0.0105. The zero-order valence-electron chi connectivity index (χ0n) is 10.4. The van der Waals surface area contributed by atoms with Crippen molar-refractivity contribution >= 4 is 27.3 Å². The molecule has 18 heavy (non-hydrogen) atoms. The molecule has 0 saturated heterocycles. The molecule has 1 unspecified atom stereocenters. The van der Waals surface area contributed by atoms with Gasteiger partial charge in [-0.2, -0.15) is 0 Å². The van der Waals surface area contributed by atoms with E-state index in [-0.39, 0.29) is 6.04 Å². The molecule has 2 heterocycles. The van der Waals surface area contributed by atoms with Crippen LogP contribution in [0.3, 0.4) is 0 Å². The molecule has 0 fully saturated rings. The number of methoxy groups -OCH3 is 1. The number of nitrogens with zero attached hydrogens (tertiary/aromatic N) is 2. The zero-order valence-corrected chi connectivity index (χ0v) is 12.8. The van der Waals surface area contributed by atoms with Crippen LogP contribution in [0.5, 0.6) is 5.88 Å². The molecule has 96 valence electrons. The van der Waals surface area contributed by atoms with Crippen molar-refractivity contribution in [3.05, 3.63) is 38.4 Å². The van der Waals surface area contributed by atoms with Crippen molar-refractivity contribution in [1.82, 2.24) is 15.3 Å². The lowest BCUT2D eigenvalue weighted by atomic mass is 10.1. The Kier molecular flexibility index (Phi) is 4.31. The Bertz CT molecular complexity index is 524. The molecule has 4 nitrogen and oxygen atoms in total. The Morgan fingerprint density at radius 1 is 1.39 bits per heavy atom. The summed E-state index contributed by atoms with van der Waals surface area (Å²) in [6.45, 7) is 2.07. The number of halogens is 1. The number of ether oxygens (including phenoxy) is 1. The fraction of sp³-hybridized carbons (Fsp3) is 0.333. The maximum Gasteiger partial charge on any atom is 0.237 e. The minimum absolute atomic E-state index is 0.0105. The van der Waals surface area contributed by atoms with Crippen LogP contribution in [0.2, 0.25) is 0 Å². The maximum absolute atomic E-state index is 5.27. The van der Waals surface area contributed by atoms with E-state index < -0.39 is 0 Å². The first kappa shape index (κ1) is 13.5. The van der Waals surface area contributed by atoms with E-state index in [1.54, 1.807) is 30.8 Å². The van der Waals surface area contributed by atoms with Gasteiger partial charge in [0, 0.05) is 17.3 Å². The average molecular weight is 328 g/mol. The van der Waals surface area contributed by atoms with Crippen molar-refractivity contribution in [1.29, 1.82) is 0 Å². The summed E-state index contributed by atoms with van der Waals surface area (Å²) in [6, 6.07) is 2.13. The van der Waals surface area contributed by atoms with E-state index in [1.165, 1.54) is 10.4 Å². The number of hydrogen-bond donors (Lipinski definition) is 1. The van der Waals surface area contributed by atoms with E-state index in [0.29, 0.717) is 5.88 Å². The van der Waals surface area contributed by atoms with Crippen LogP contribution in [0.15, 0.2) is 22.2 Å². The average Bonchev–Trinajstić information content (AvgIpc) is 2.71. The highest BCUT2D eigenvalue weighted by Crippen LogP contribution is 2.35. The summed E-state index contributed by atoms with van der Waals surface area (Å²) in [6.07, 6.45) is 3.31. The second-order valence-corrected chi connectivity index (χ2v) is 6.18. The lowest BCUT2D eigenvalue weighted by Gasteiger charge is -2.15. The molecule has 1 atom stereocenters. The number of nitrogens with one attached hydrogen (secondary N) is 1. The number of rotatable bonds is 4. The third-order valence-electron chi connectivity index (χ3n) is 2.61. The van der Waals surface area contributed by atoms with Gasteiger partial charge >= 0.3 is 0 Å². The van der Waals surface area contributed by atoms with Gasteiger partial charge in [0.1, 0.15) is 5.69 Å². The van der Waals surface area contributed by atoms with Gasteiger partial charge in [0.2, 0.25) is 5.88 Å². The molecule has 0 radical (unpaired) electrons. The number of aromatic nitrogens is 2. The molecular formula is C12H14BrN3OS. The quantitative estimate of drug-likeness (QED) is 0.937. The fourth-order valence-electron chi connectivity index (χ4n) is 1.73. The van der Waals surface area contributed by atoms with Crippen molar-refractivity contribution in [3.63, 3.8) is 0 Å². The molecule has 0 aromatic carbocycles. The van der Waals surface area contributed by atoms with Crippen molar-refractivity contribution in [2.24, 2.45) is 0 Å². The molecule has 2 aromatic rings. The molecule has 1 N–H and O–H groups in total. The fourth-order valence-corrected chi connectivity index (χ4v) is 3.42. The smallest absolute Gasteiger partial charge is 0.237 e. The van der Waals surface area contributed by atoms with Crippen LogP contribution in [0.4, 0.5) is 0 Å². The van der Waals surface area contributed by atoms with Crippen LogP contribution in [-0.2, 0) is 0 Å². The molecule has 0 aliphatic carbocycles. The van der Waals surface area contributed by atoms with Crippen molar-refractivity contribution in [2.45, 2.75) is 13.0 Å². The molecule has 0 amide bonds. The van der Waals surface area contributed by atoms with Gasteiger partial charge in [0.15, 0.2) is 0 Å². The highest BCUT2D eigenvalue weighted by Gasteiger charge is 2.21. The Labute approximate surface area is 119 Å². The van der Waals surface area contributed by atoms with Gasteiger partial charge in [-0.15, -0.1) is 11.3 Å². The number of thiophene rings is 1. The van der Waals surface area contributed by atoms with E-state index in [0.717, 1.165) is 9.48 Å². The molecule has 0 bridgehead atoms. The molecule has 0 aliphatic rings. The lowest BCUT2D eigenvalue weighted by molar-refractivity contribution is 0.384. The molecule has 0 spiro atoms. The zero-order chi connectivity index (χ0) is 13.1.